The first-order chi connectivity index (χ1) is 17.9. The number of piperidine rings is 5. The molecule has 0 spiro atoms. The SMILES string of the molecule is C1=CCC(C2CCCC[N-]2)[N-]C1.C1CCC(C2CCCC[N-]2)[N-]C1.C1CCC(C2CCCC[N-]2)[N-]C1.[Ru+8]. The second-order valence-electron chi connectivity index (χ2n) is 11.5. The van der Waals surface area contributed by atoms with Crippen molar-refractivity contribution in [2.75, 3.05) is 39.3 Å². The van der Waals surface area contributed by atoms with Crippen LogP contribution in [0.5, 0.6) is 0 Å². The Kier molecular flexibility index (Phi) is 16.5. The molecule has 5 fully saturated rings. The monoisotopic (exact) mass is 598 g/mol. The van der Waals surface area contributed by atoms with Gasteiger partial charge in [0.2, 0.25) is 0 Å². The fraction of sp³-hybridized carbons (Fsp3) is 0.933. The Labute approximate surface area is 241 Å². The zero-order valence-electron chi connectivity index (χ0n) is 23.2. The summed E-state index contributed by atoms with van der Waals surface area (Å²) in [6, 6.07) is 3.44. The van der Waals surface area contributed by atoms with Gasteiger partial charge in [-0.1, -0.05) is 109 Å². The molecule has 6 aliphatic rings. The molecule has 6 rings (SSSR count). The fourth-order valence-electron chi connectivity index (χ4n) is 6.50. The van der Waals surface area contributed by atoms with E-state index in [2.05, 4.69) is 44.1 Å². The van der Waals surface area contributed by atoms with Gasteiger partial charge in [0.25, 0.3) is 0 Å². The van der Waals surface area contributed by atoms with Crippen molar-refractivity contribution < 1.29 is 19.5 Å². The van der Waals surface area contributed by atoms with Gasteiger partial charge in [0.15, 0.2) is 0 Å². The van der Waals surface area contributed by atoms with Gasteiger partial charge in [0, 0.05) is 0 Å². The molecular weight excluding hydrogens is 545 g/mol. The molecule has 0 aromatic carbocycles. The number of hydrogen-bond acceptors (Lipinski definition) is 0. The van der Waals surface area contributed by atoms with E-state index in [0.717, 1.165) is 45.7 Å². The summed E-state index contributed by atoms with van der Waals surface area (Å²) in [5.74, 6) is 0. The normalized spacial score (nSPS) is 36.5. The molecular formula is C30H52N6Ru+2. The van der Waals surface area contributed by atoms with E-state index in [4.69, 9.17) is 0 Å². The molecule has 6 heterocycles. The van der Waals surface area contributed by atoms with E-state index in [9.17, 15) is 0 Å². The van der Waals surface area contributed by atoms with Crippen molar-refractivity contribution in [1.29, 1.82) is 0 Å². The molecule has 208 valence electrons. The topological polar surface area (TPSA) is 84.6 Å². The van der Waals surface area contributed by atoms with Gasteiger partial charge in [-0.2, -0.15) is 30.2 Å². The van der Waals surface area contributed by atoms with Crippen molar-refractivity contribution in [2.24, 2.45) is 0 Å². The minimum Gasteiger partial charge on any atom is -0.661 e. The molecule has 6 atom stereocenters. The van der Waals surface area contributed by atoms with Crippen molar-refractivity contribution in [1.82, 2.24) is 0 Å². The average molecular weight is 598 g/mol. The Morgan fingerprint density at radius 1 is 0.351 bits per heavy atom. The third-order valence-corrected chi connectivity index (χ3v) is 8.68. The smallest absolute Gasteiger partial charge is 0.661 e. The summed E-state index contributed by atoms with van der Waals surface area (Å²) >= 11 is 0. The van der Waals surface area contributed by atoms with Crippen LogP contribution in [0.1, 0.15) is 103 Å². The van der Waals surface area contributed by atoms with E-state index >= 15 is 0 Å². The molecule has 0 radical (unpaired) electrons. The van der Waals surface area contributed by atoms with Crippen LogP contribution < -0.4 is 0 Å². The van der Waals surface area contributed by atoms with E-state index in [0.29, 0.717) is 36.3 Å². The summed E-state index contributed by atoms with van der Waals surface area (Å²) in [4.78, 5) is 0. The summed E-state index contributed by atoms with van der Waals surface area (Å²) in [5, 5.41) is 27.8. The quantitative estimate of drug-likeness (QED) is 0.232. The molecule has 0 N–H and O–H groups in total. The Hall–Kier alpha value is 0.123. The summed E-state index contributed by atoms with van der Waals surface area (Å²) in [6.07, 6.45) is 25.4. The summed E-state index contributed by atoms with van der Waals surface area (Å²) in [6.45, 7) is 6.36. The fourth-order valence-corrected chi connectivity index (χ4v) is 6.50. The van der Waals surface area contributed by atoms with Crippen LogP contribution in [-0.4, -0.2) is 75.5 Å². The molecule has 37 heavy (non-hydrogen) atoms. The van der Waals surface area contributed by atoms with Crippen molar-refractivity contribution in [3.63, 3.8) is 0 Å². The maximum Gasteiger partial charge on any atom is 8.00 e. The molecule has 0 aliphatic carbocycles. The summed E-state index contributed by atoms with van der Waals surface area (Å²) in [5.41, 5.74) is 0. The van der Waals surface area contributed by atoms with Gasteiger partial charge in [-0.15, -0.1) is 51.4 Å². The predicted molar refractivity (Wildman–Crippen MR) is 155 cm³/mol. The molecule has 6 aliphatic heterocycles. The average Bonchev–Trinajstić information content (AvgIpc) is 3.01. The van der Waals surface area contributed by atoms with Crippen LogP contribution in [0.25, 0.3) is 31.9 Å². The van der Waals surface area contributed by atoms with Crippen LogP contribution in [0.4, 0.5) is 0 Å². The van der Waals surface area contributed by atoms with Gasteiger partial charge in [-0.05, 0) is 0 Å². The zero-order chi connectivity index (χ0) is 24.7. The van der Waals surface area contributed by atoms with Crippen LogP contribution in [0.3, 0.4) is 0 Å². The van der Waals surface area contributed by atoms with Crippen LogP contribution in [0, 0.1) is 0 Å². The third kappa shape index (κ3) is 11.6. The van der Waals surface area contributed by atoms with E-state index in [1.165, 1.54) is 96.3 Å². The number of nitrogens with zero attached hydrogens (tertiary/aromatic N) is 6. The maximum absolute atomic E-state index is 4.66. The molecule has 5 saturated heterocycles. The largest absolute Gasteiger partial charge is 8.00 e. The Bertz CT molecular complexity index is 511. The second-order valence-corrected chi connectivity index (χ2v) is 11.5. The van der Waals surface area contributed by atoms with Gasteiger partial charge in [-0.25, -0.2) is 0 Å². The molecule has 6 unspecified atom stereocenters. The van der Waals surface area contributed by atoms with Crippen molar-refractivity contribution in [3.8, 4) is 0 Å². The van der Waals surface area contributed by atoms with E-state index in [1.807, 2.05) is 0 Å². The summed E-state index contributed by atoms with van der Waals surface area (Å²) in [7, 11) is 0. The van der Waals surface area contributed by atoms with Crippen LogP contribution in [0.2, 0.25) is 0 Å². The Morgan fingerprint density at radius 3 is 0.919 bits per heavy atom. The van der Waals surface area contributed by atoms with Gasteiger partial charge in [0.05, 0.1) is 0 Å². The van der Waals surface area contributed by atoms with Crippen LogP contribution in [-0.2, 0) is 19.5 Å². The van der Waals surface area contributed by atoms with E-state index in [1.54, 1.807) is 0 Å². The second kappa shape index (κ2) is 19.2. The Morgan fingerprint density at radius 2 is 0.676 bits per heavy atom. The van der Waals surface area contributed by atoms with Crippen molar-refractivity contribution >= 4 is 0 Å². The Balaban J connectivity index is 0.000000152. The minimum atomic E-state index is 0. The molecule has 0 bridgehead atoms. The zero-order valence-corrected chi connectivity index (χ0v) is 25.0. The van der Waals surface area contributed by atoms with Gasteiger partial charge < -0.3 is 31.9 Å². The van der Waals surface area contributed by atoms with Gasteiger partial charge in [-0.3, -0.25) is 0 Å². The van der Waals surface area contributed by atoms with E-state index in [-0.39, 0.29) is 19.5 Å². The van der Waals surface area contributed by atoms with Crippen LogP contribution >= 0.6 is 0 Å². The minimum absolute atomic E-state index is 0. The molecule has 0 amide bonds. The molecule has 0 aromatic heterocycles. The molecule has 6 nitrogen and oxygen atoms in total. The van der Waals surface area contributed by atoms with Gasteiger partial charge in [0.1, 0.15) is 0 Å². The van der Waals surface area contributed by atoms with Crippen molar-refractivity contribution in [3.05, 3.63) is 44.1 Å². The van der Waals surface area contributed by atoms with Gasteiger partial charge >= 0.3 is 19.5 Å². The number of rotatable bonds is 3. The molecule has 0 aromatic rings. The standard InChI is InChI=1S/2C10H18N2.C10H16N2.Ru/c3*1-3-7-11-9(5-1)10-6-2-4-8-12-10;/h2*9-10H,1-8H2;1,3,9-10H,2,4-8H2;/q3*-2;+8. The van der Waals surface area contributed by atoms with E-state index < -0.39 is 0 Å². The third-order valence-electron chi connectivity index (χ3n) is 8.68. The molecule has 7 heteroatoms. The predicted octanol–water partition coefficient (Wildman–Crippen LogP) is 8.29. The first kappa shape index (κ1) is 31.6. The summed E-state index contributed by atoms with van der Waals surface area (Å²) < 4.78 is 0. The molecule has 0 saturated carbocycles. The first-order valence-electron chi connectivity index (χ1n) is 15.5. The number of hydrogen-bond donors (Lipinski definition) is 0. The van der Waals surface area contributed by atoms with Crippen molar-refractivity contribution in [2.45, 2.75) is 139 Å². The first-order valence-corrected chi connectivity index (χ1v) is 15.5. The maximum atomic E-state index is 4.66. The van der Waals surface area contributed by atoms with Crippen LogP contribution in [0.15, 0.2) is 12.2 Å².